The van der Waals surface area contributed by atoms with Crippen molar-refractivity contribution in [2.75, 3.05) is 6.54 Å². The topological polar surface area (TPSA) is 12.0 Å². The third-order valence-corrected chi connectivity index (χ3v) is 2.90. The van der Waals surface area contributed by atoms with Crippen molar-refractivity contribution in [2.45, 2.75) is 25.8 Å². The molecular weight excluding hydrogens is 194 g/mol. The Hall–Kier alpha value is -1.34. The van der Waals surface area contributed by atoms with Gasteiger partial charge in [0.05, 0.1) is 6.04 Å². The summed E-state index contributed by atoms with van der Waals surface area (Å²) in [5.41, 5.74) is 2.75. The molecule has 1 aliphatic rings. The van der Waals surface area contributed by atoms with Crippen LogP contribution in [0.3, 0.4) is 0 Å². The summed E-state index contributed by atoms with van der Waals surface area (Å²) in [5.74, 6) is 0. The van der Waals surface area contributed by atoms with Crippen molar-refractivity contribution in [3.05, 3.63) is 59.7 Å². The van der Waals surface area contributed by atoms with E-state index in [9.17, 15) is 0 Å². The molecule has 1 aromatic carbocycles. The molecule has 0 saturated carbocycles. The van der Waals surface area contributed by atoms with E-state index in [2.05, 4.69) is 60.8 Å². The lowest BCUT2D eigenvalue weighted by Crippen LogP contribution is -2.22. The summed E-state index contributed by atoms with van der Waals surface area (Å²) in [5, 5.41) is 3.55. The second-order valence-electron chi connectivity index (χ2n) is 4.09. The van der Waals surface area contributed by atoms with Gasteiger partial charge in [0.25, 0.3) is 0 Å². The first-order valence-electron chi connectivity index (χ1n) is 6.06. The van der Waals surface area contributed by atoms with E-state index in [1.54, 1.807) is 0 Å². The van der Waals surface area contributed by atoms with Crippen LogP contribution in [0.15, 0.2) is 54.1 Å². The Morgan fingerprint density at radius 1 is 1.19 bits per heavy atom. The summed E-state index contributed by atoms with van der Waals surface area (Å²) in [6.07, 6.45) is 9.21. The zero-order valence-electron chi connectivity index (χ0n) is 9.82. The SMILES string of the molecule is CCNC(C1=CCCC=C1)c1ccccc1. The minimum atomic E-state index is 0.350. The van der Waals surface area contributed by atoms with Gasteiger partial charge in [-0.15, -0.1) is 0 Å². The van der Waals surface area contributed by atoms with E-state index in [-0.39, 0.29) is 0 Å². The predicted octanol–water partition coefficient (Wildman–Crippen LogP) is 3.61. The summed E-state index contributed by atoms with van der Waals surface area (Å²) in [6, 6.07) is 11.0. The Bertz CT molecular complexity index is 376. The van der Waals surface area contributed by atoms with Crippen LogP contribution in [0.2, 0.25) is 0 Å². The summed E-state index contributed by atoms with van der Waals surface area (Å²) < 4.78 is 0. The largest absolute Gasteiger partial charge is 0.307 e. The molecule has 0 radical (unpaired) electrons. The maximum Gasteiger partial charge on any atom is 0.0573 e. The number of likely N-dealkylation sites (N-methyl/N-ethyl adjacent to an activating group) is 1. The first kappa shape index (κ1) is 11.2. The lowest BCUT2D eigenvalue weighted by atomic mass is 9.94. The number of nitrogens with one attached hydrogen (secondary N) is 1. The summed E-state index contributed by atoms with van der Waals surface area (Å²) in [7, 11) is 0. The van der Waals surface area contributed by atoms with E-state index in [0.717, 1.165) is 6.54 Å². The molecule has 1 atom stereocenters. The van der Waals surface area contributed by atoms with E-state index in [4.69, 9.17) is 0 Å². The normalized spacial score (nSPS) is 16.9. The van der Waals surface area contributed by atoms with E-state index < -0.39 is 0 Å². The van der Waals surface area contributed by atoms with Gasteiger partial charge in [-0.05, 0) is 30.5 Å². The highest BCUT2D eigenvalue weighted by Gasteiger charge is 2.13. The van der Waals surface area contributed by atoms with Gasteiger partial charge in [0.2, 0.25) is 0 Å². The molecule has 0 amide bonds. The third kappa shape index (κ3) is 2.61. The van der Waals surface area contributed by atoms with Gasteiger partial charge in [-0.25, -0.2) is 0 Å². The smallest absolute Gasteiger partial charge is 0.0573 e. The average molecular weight is 213 g/mol. The van der Waals surface area contributed by atoms with Crippen LogP contribution < -0.4 is 5.32 Å². The minimum Gasteiger partial charge on any atom is -0.307 e. The van der Waals surface area contributed by atoms with Gasteiger partial charge in [-0.3, -0.25) is 0 Å². The molecule has 0 heterocycles. The van der Waals surface area contributed by atoms with E-state index in [1.807, 2.05) is 0 Å². The minimum absolute atomic E-state index is 0.350. The van der Waals surface area contributed by atoms with Crippen LogP contribution >= 0.6 is 0 Å². The quantitative estimate of drug-likeness (QED) is 0.805. The first-order valence-corrected chi connectivity index (χ1v) is 6.06. The fourth-order valence-electron chi connectivity index (χ4n) is 2.13. The molecule has 1 heteroatoms. The number of hydrogen-bond acceptors (Lipinski definition) is 1. The summed E-state index contributed by atoms with van der Waals surface area (Å²) in [6.45, 7) is 3.15. The van der Waals surface area contributed by atoms with Crippen molar-refractivity contribution in [2.24, 2.45) is 0 Å². The lowest BCUT2D eigenvalue weighted by Gasteiger charge is -2.21. The maximum atomic E-state index is 3.55. The van der Waals surface area contributed by atoms with Crippen LogP contribution in [0.25, 0.3) is 0 Å². The predicted molar refractivity (Wildman–Crippen MR) is 69.3 cm³/mol. The second kappa shape index (κ2) is 5.66. The number of rotatable bonds is 4. The molecule has 0 saturated heterocycles. The Labute approximate surface area is 97.9 Å². The Morgan fingerprint density at radius 2 is 2.00 bits per heavy atom. The zero-order chi connectivity index (χ0) is 11.2. The van der Waals surface area contributed by atoms with E-state index >= 15 is 0 Å². The monoisotopic (exact) mass is 213 g/mol. The molecule has 0 aliphatic heterocycles. The highest BCUT2D eigenvalue weighted by molar-refractivity contribution is 5.35. The van der Waals surface area contributed by atoms with Crippen LogP contribution in [-0.2, 0) is 0 Å². The van der Waals surface area contributed by atoms with Crippen molar-refractivity contribution in [1.29, 1.82) is 0 Å². The Kier molecular flexibility index (Phi) is 3.95. The van der Waals surface area contributed by atoms with Crippen molar-refractivity contribution >= 4 is 0 Å². The van der Waals surface area contributed by atoms with Crippen LogP contribution in [0.4, 0.5) is 0 Å². The van der Waals surface area contributed by atoms with Crippen LogP contribution in [0.5, 0.6) is 0 Å². The molecule has 1 aromatic rings. The molecular formula is C15H19N. The Balaban J connectivity index is 2.23. The number of hydrogen-bond donors (Lipinski definition) is 1. The van der Waals surface area contributed by atoms with Crippen molar-refractivity contribution in [3.8, 4) is 0 Å². The molecule has 1 unspecified atom stereocenters. The van der Waals surface area contributed by atoms with E-state index in [1.165, 1.54) is 24.0 Å². The highest BCUT2D eigenvalue weighted by Crippen LogP contribution is 2.25. The van der Waals surface area contributed by atoms with Crippen LogP contribution in [-0.4, -0.2) is 6.54 Å². The van der Waals surface area contributed by atoms with Gasteiger partial charge in [0.1, 0.15) is 0 Å². The fourth-order valence-corrected chi connectivity index (χ4v) is 2.13. The Morgan fingerprint density at radius 3 is 2.62 bits per heavy atom. The first-order chi connectivity index (χ1) is 7.92. The average Bonchev–Trinajstić information content (AvgIpc) is 2.38. The molecule has 1 aliphatic carbocycles. The van der Waals surface area contributed by atoms with Crippen LogP contribution in [0.1, 0.15) is 31.4 Å². The molecule has 0 fully saturated rings. The fraction of sp³-hybridized carbons (Fsp3) is 0.333. The molecule has 1 N–H and O–H groups in total. The molecule has 0 spiro atoms. The summed E-state index contributed by atoms with van der Waals surface area (Å²) in [4.78, 5) is 0. The third-order valence-electron chi connectivity index (χ3n) is 2.90. The van der Waals surface area contributed by atoms with Gasteiger partial charge in [-0.2, -0.15) is 0 Å². The molecule has 0 aromatic heterocycles. The maximum absolute atomic E-state index is 3.55. The number of allylic oxidation sites excluding steroid dienone is 2. The van der Waals surface area contributed by atoms with Crippen LogP contribution in [0, 0.1) is 0 Å². The van der Waals surface area contributed by atoms with Gasteiger partial charge in [0.15, 0.2) is 0 Å². The molecule has 1 nitrogen and oxygen atoms in total. The van der Waals surface area contributed by atoms with Gasteiger partial charge in [-0.1, -0.05) is 55.5 Å². The second-order valence-corrected chi connectivity index (χ2v) is 4.09. The lowest BCUT2D eigenvalue weighted by molar-refractivity contribution is 0.625. The van der Waals surface area contributed by atoms with Crippen molar-refractivity contribution in [1.82, 2.24) is 5.32 Å². The van der Waals surface area contributed by atoms with Gasteiger partial charge < -0.3 is 5.32 Å². The van der Waals surface area contributed by atoms with Crippen molar-refractivity contribution in [3.63, 3.8) is 0 Å². The molecule has 2 rings (SSSR count). The summed E-state index contributed by atoms with van der Waals surface area (Å²) >= 11 is 0. The van der Waals surface area contributed by atoms with Crippen molar-refractivity contribution < 1.29 is 0 Å². The molecule has 0 bridgehead atoms. The molecule has 16 heavy (non-hydrogen) atoms. The number of benzene rings is 1. The highest BCUT2D eigenvalue weighted by atomic mass is 14.9. The zero-order valence-corrected chi connectivity index (χ0v) is 9.82. The molecule has 84 valence electrons. The standard InChI is InChI=1S/C15H19N/c1-2-16-15(13-9-5-3-6-10-13)14-11-7-4-8-12-14/h3,5-7,9-12,15-16H,2,4,8H2,1H3. The van der Waals surface area contributed by atoms with Gasteiger partial charge >= 0.3 is 0 Å². The van der Waals surface area contributed by atoms with E-state index in [0.29, 0.717) is 6.04 Å². The van der Waals surface area contributed by atoms with Gasteiger partial charge in [0, 0.05) is 0 Å².